The average Bonchev–Trinajstić information content (AvgIpc) is 2.45. The van der Waals surface area contributed by atoms with Gasteiger partial charge in [0.2, 0.25) is 0 Å². The second-order valence-electron chi connectivity index (χ2n) is 4.92. The lowest BCUT2D eigenvalue weighted by Gasteiger charge is -2.13. The molecule has 0 bridgehead atoms. The van der Waals surface area contributed by atoms with Gasteiger partial charge in [0.1, 0.15) is 23.0 Å². The Morgan fingerprint density at radius 1 is 0.920 bits per heavy atom. The van der Waals surface area contributed by atoms with Gasteiger partial charge in [-0.25, -0.2) is 0 Å². The van der Waals surface area contributed by atoms with Crippen molar-refractivity contribution in [2.24, 2.45) is 0 Å². The van der Waals surface area contributed by atoms with Crippen molar-refractivity contribution >= 4 is 30.1 Å². The number of esters is 2. The van der Waals surface area contributed by atoms with Crippen LogP contribution in [0.25, 0.3) is 0 Å². The Bertz CT molecular complexity index is 834. The standard InChI is InChI=1S/C17H15NO6.ClH/c1-9(19)23-12-4-6-14(16(8-12)24-10(2)20)17(18)13-5-3-11(21)7-15(13)22;/h3-8,18,21-22H,1-2H3;1H. The number of phenols is 2. The number of rotatable bonds is 4. The fourth-order valence-corrected chi connectivity index (χ4v) is 2.05. The summed E-state index contributed by atoms with van der Waals surface area (Å²) in [6.45, 7) is 2.43. The van der Waals surface area contributed by atoms with E-state index in [0.717, 1.165) is 6.07 Å². The van der Waals surface area contributed by atoms with Crippen LogP contribution in [0.4, 0.5) is 0 Å². The van der Waals surface area contributed by atoms with E-state index in [0.29, 0.717) is 0 Å². The van der Waals surface area contributed by atoms with Crippen LogP contribution in [0.5, 0.6) is 23.0 Å². The van der Waals surface area contributed by atoms with Gasteiger partial charge in [-0.1, -0.05) is 0 Å². The molecular weight excluding hydrogens is 350 g/mol. The van der Waals surface area contributed by atoms with Crippen LogP contribution in [0.2, 0.25) is 0 Å². The molecule has 2 aromatic carbocycles. The lowest BCUT2D eigenvalue weighted by molar-refractivity contribution is -0.132. The van der Waals surface area contributed by atoms with Gasteiger partial charge in [0.25, 0.3) is 0 Å². The summed E-state index contributed by atoms with van der Waals surface area (Å²) in [6.07, 6.45) is 0. The number of benzene rings is 2. The molecule has 0 atom stereocenters. The highest BCUT2D eigenvalue weighted by molar-refractivity contribution is 6.14. The van der Waals surface area contributed by atoms with E-state index in [1.807, 2.05) is 0 Å². The number of hydrogen-bond donors (Lipinski definition) is 3. The molecule has 3 N–H and O–H groups in total. The van der Waals surface area contributed by atoms with E-state index in [9.17, 15) is 19.8 Å². The van der Waals surface area contributed by atoms with Gasteiger partial charge in [-0.2, -0.15) is 0 Å². The third-order valence-electron chi connectivity index (χ3n) is 2.99. The van der Waals surface area contributed by atoms with E-state index in [4.69, 9.17) is 14.9 Å². The van der Waals surface area contributed by atoms with Gasteiger partial charge in [0, 0.05) is 37.1 Å². The van der Waals surface area contributed by atoms with Crippen LogP contribution >= 0.6 is 12.4 Å². The first-order valence-corrected chi connectivity index (χ1v) is 6.90. The molecule has 0 heterocycles. The Morgan fingerprint density at radius 2 is 1.52 bits per heavy atom. The predicted octanol–water partition coefficient (Wildman–Crippen LogP) is 2.79. The van der Waals surface area contributed by atoms with Crippen LogP contribution in [0.15, 0.2) is 36.4 Å². The second kappa shape index (κ2) is 8.16. The minimum Gasteiger partial charge on any atom is -0.508 e. The van der Waals surface area contributed by atoms with E-state index in [-0.39, 0.29) is 52.2 Å². The number of phenolic OH excluding ortho intramolecular Hbond substituents is 2. The lowest BCUT2D eigenvalue weighted by Crippen LogP contribution is -2.10. The monoisotopic (exact) mass is 365 g/mol. The Balaban J connectivity index is 0.00000312. The normalized spacial score (nSPS) is 9.68. The maximum atomic E-state index is 11.3. The second-order valence-corrected chi connectivity index (χ2v) is 4.92. The Kier molecular flexibility index (Phi) is 6.52. The summed E-state index contributed by atoms with van der Waals surface area (Å²) in [7, 11) is 0. The summed E-state index contributed by atoms with van der Waals surface area (Å²) < 4.78 is 10.0. The number of carbonyl (C=O) groups excluding carboxylic acids is 2. The Labute approximate surface area is 149 Å². The molecule has 0 aliphatic heterocycles. The van der Waals surface area contributed by atoms with Gasteiger partial charge >= 0.3 is 11.9 Å². The fourth-order valence-electron chi connectivity index (χ4n) is 2.05. The zero-order valence-corrected chi connectivity index (χ0v) is 14.2. The highest BCUT2D eigenvalue weighted by Crippen LogP contribution is 2.31. The summed E-state index contributed by atoms with van der Waals surface area (Å²) in [6, 6.07) is 7.97. The molecule has 0 aliphatic carbocycles. The highest BCUT2D eigenvalue weighted by Gasteiger charge is 2.17. The molecule has 0 unspecified atom stereocenters. The minimum absolute atomic E-state index is 0. The van der Waals surface area contributed by atoms with Crippen molar-refractivity contribution in [3.05, 3.63) is 47.5 Å². The lowest BCUT2D eigenvalue weighted by atomic mass is 10.0. The number of carbonyl (C=O) groups is 2. The molecule has 0 aliphatic rings. The van der Waals surface area contributed by atoms with Crippen molar-refractivity contribution in [1.82, 2.24) is 0 Å². The molecular formula is C17H16ClNO6. The molecule has 0 fully saturated rings. The molecule has 0 spiro atoms. The molecule has 25 heavy (non-hydrogen) atoms. The van der Waals surface area contributed by atoms with Crippen molar-refractivity contribution in [2.45, 2.75) is 13.8 Å². The molecule has 132 valence electrons. The molecule has 0 aromatic heterocycles. The average molecular weight is 366 g/mol. The molecule has 2 aromatic rings. The first kappa shape index (κ1) is 20.0. The maximum absolute atomic E-state index is 11.3. The van der Waals surface area contributed by atoms with Gasteiger partial charge in [0.05, 0.1) is 5.71 Å². The Hall–Kier alpha value is -3.06. The number of halogens is 1. The van der Waals surface area contributed by atoms with Crippen LogP contribution in [-0.4, -0.2) is 27.9 Å². The first-order valence-electron chi connectivity index (χ1n) is 6.90. The molecule has 7 nitrogen and oxygen atoms in total. The smallest absolute Gasteiger partial charge is 0.308 e. The quantitative estimate of drug-likeness (QED) is 0.435. The van der Waals surface area contributed by atoms with E-state index < -0.39 is 11.9 Å². The fraction of sp³-hybridized carbons (Fsp3) is 0.118. The summed E-state index contributed by atoms with van der Waals surface area (Å²) >= 11 is 0. The zero-order valence-electron chi connectivity index (χ0n) is 13.4. The topological polar surface area (TPSA) is 117 Å². The third-order valence-corrected chi connectivity index (χ3v) is 2.99. The van der Waals surface area contributed by atoms with Crippen LogP contribution in [-0.2, 0) is 9.59 Å². The molecule has 8 heteroatoms. The van der Waals surface area contributed by atoms with Gasteiger partial charge in [-0.3, -0.25) is 15.0 Å². The first-order chi connectivity index (χ1) is 11.3. The number of hydrogen-bond acceptors (Lipinski definition) is 7. The van der Waals surface area contributed by atoms with Crippen LogP contribution in [0, 0.1) is 5.41 Å². The van der Waals surface area contributed by atoms with Gasteiger partial charge in [-0.05, 0) is 24.3 Å². The molecule has 0 saturated carbocycles. The highest BCUT2D eigenvalue weighted by atomic mass is 35.5. The van der Waals surface area contributed by atoms with Crippen molar-refractivity contribution in [3.63, 3.8) is 0 Å². The molecule has 0 radical (unpaired) electrons. The van der Waals surface area contributed by atoms with Crippen LogP contribution < -0.4 is 9.47 Å². The summed E-state index contributed by atoms with van der Waals surface area (Å²) in [5.41, 5.74) is 0.224. The van der Waals surface area contributed by atoms with E-state index in [1.54, 1.807) is 0 Å². The summed E-state index contributed by atoms with van der Waals surface area (Å²) in [5.74, 6) is -1.42. The van der Waals surface area contributed by atoms with Crippen molar-refractivity contribution < 1.29 is 29.3 Å². The van der Waals surface area contributed by atoms with E-state index >= 15 is 0 Å². The van der Waals surface area contributed by atoms with Gasteiger partial charge in [-0.15, -0.1) is 12.4 Å². The SMILES string of the molecule is CC(=O)Oc1ccc(C(=N)c2ccc(O)cc2O)c(OC(C)=O)c1.Cl. The van der Waals surface area contributed by atoms with Crippen LogP contribution in [0.1, 0.15) is 25.0 Å². The summed E-state index contributed by atoms with van der Waals surface area (Å²) in [5, 5.41) is 27.5. The summed E-state index contributed by atoms with van der Waals surface area (Å²) in [4.78, 5) is 22.3. The van der Waals surface area contributed by atoms with Crippen molar-refractivity contribution in [2.75, 3.05) is 0 Å². The van der Waals surface area contributed by atoms with Gasteiger partial charge < -0.3 is 19.7 Å². The van der Waals surface area contributed by atoms with E-state index in [1.165, 1.54) is 44.2 Å². The van der Waals surface area contributed by atoms with E-state index in [2.05, 4.69) is 0 Å². The van der Waals surface area contributed by atoms with Crippen molar-refractivity contribution in [3.8, 4) is 23.0 Å². The third kappa shape index (κ3) is 4.95. The molecule has 0 saturated heterocycles. The van der Waals surface area contributed by atoms with Crippen molar-refractivity contribution in [1.29, 1.82) is 5.41 Å². The predicted molar refractivity (Wildman–Crippen MR) is 92.0 cm³/mol. The zero-order chi connectivity index (χ0) is 17.9. The number of aromatic hydroxyl groups is 2. The minimum atomic E-state index is -0.612. The maximum Gasteiger partial charge on any atom is 0.308 e. The largest absolute Gasteiger partial charge is 0.508 e. The number of ether oxygens (including phenoxy) is 2. The van der Waals surface area contributed by atoms with Gasteiger partial charge in [0.15, 0.2) is 0 Å². The number of nitrogens with one attached hydrogen (secondary N) is 1. The van der Waals surface area contributed by atoms with Crippen LogP contribution in [0.3, 0.4) is 0 Å². The Morgan fingerprint density at radius 3 is 2.08 bits per heavy atom. The molecule has 2 rings (SSSR count). The molecule has 0 amide bonds.